The molecule has 2 rings (SSSR count). The molecule has 2 fully saturated rings. The highest BCUT2D eigenvalue weighted by Crippen LogP contribution is 2.39. The predicted molar refractivity (Wildman–Crippen MR) is 72.7 cm³/mol. The Kier molecular flexibility index (Phi) is 4.32. The summed E-state index contributed by atoms with van der Waals surface area (Å²) in [6, 6.07) is 2.15. The van der Waals surface area contributed by atoms with Crippen molar-refractivity contribution >= 4 is 11.9 Å². The Hall–Kier alpha value is -1.57. The number of carboxylic acids is 1. The molecule has 0 aromatic rings. The van der Waals surface area contributed by atoms with Crippen molar-refractivity contribution in [1.29, 1.82) is 5.26 Å². The van der Waals surface area contributed by atoms with E-state index in [0.29, 0.717) is 25.7 Å². The molecule has 0 spiro atoms. The van der Waals surface area contributed by atoms with Gasteiger partial charge in [0.15, 0.2) is 0 Å². The smallest absolute Gasteiger partial charge is 0.311 e. The van der Waals surface area contributed by atoms with Gasteiger partial charge in [-0.15, -0.1) is 0 Å². The minimum absolute atomic E-state index is 0.157. The van der Waals surface area contributed by atoms with Gasteiger partial charge in [-0.2, -0.15) is 5.26 Å². The lowest BCUT2D eigenvalue weighted by Gasteiger charge is -2.34. The summed E-state index contributed by atoms with van der Waals surface area (Å²) in [4.78, 5) is 23.8. The summed E-state index contributed by atoms with van der Waals surface area (Å²) in [6.07, 6.45) is 7.05. The summed E-state index contributed by atoms with van der Waals surface area (Å²) in [5, 5.41) is 21.5. The molecule has 20 heavy (non-hydrogen) atoms. The Balaban J connectivity index is 2.01. The van der Waals surface area contributed by atoms with Crippen LogP contribution in [0.5, 0.6) is 0 Å². The van der Waals surface area contributed by atoms with Crippen LogP contribution >= 0.6 is 0 Å². The summed E-state index contributed by atoms with van der Waals surface area (Å²) in [7, 11) is 0. The number of nitrogens with zero attached hydrogens (tertiary/aromatic N) is 1. The Morgan fingerprint density at radius 1 is 1.05 bits per heavy atom. The molecule has 0 radical (unpaired) electrons. The van der Waals surface area contributed by atoms with E-state index in [0.717, 1.165) is 32.1 Å². The van der Waals surface area contributed by atoms with Crippen LogP contribution in [-0.4, -0.2) is 23.5 Å². The Morgan fingerprint density at radius 2 is 1.60 bits per heavy atom. The van der Waals surface area contributed by atoms with Crippen molar-refractivity contribution in [1.82, 2.24) is 5.32 Å². The number of rotatable bonds is 4. The zero-order valence-corrected chi connectivity index (χ0v) is 11.8. The number of carboxylic acid groups (broad SMARTS) is 1. The fourth-order valence-corrected chi connectivity index (χ4v) is 3.48. The molecule has 0 aliphatic heterocycles. The number of nitrogens with one attached hydrogen (secondary N) is 1. The van der Waals surface area contributed by atoms with E-state index < -0.39 is 16.8 Å². The molecule has 0 saturated heterocycles. The third-order valence-corrected chi connectivity index (χ3v) is 4.96. The SMILES string of the molecule is N#CC1(C(=O)NCC2(C(=O)O)CCCCC2)CCCC1. The largest absolute Gasteiger partial charge is 0.481 e. The summed E-state index contributed by atoms with van der Waals surface area (Å²) in [6.45, 7) is 0.157. The van der Waals surface area contributed by atoms with Crippen LogP contribution in [0, 0.1) is 22.2 Å². The van der Waals surface area contributed by atoms with E-state index in [1.807, 2.05) is 0 Å². The number of amides is 1. The van der Waals surface area contributed by atoms with E-state index in [1.165, 1.54) is 0 Å². The third-order valence-electron chi connectivity index (χ3n) is 4.96. The fourth-order valence-electron chi connectivity index (χ4n) is 3.48. The Labute approximate surface area is 119 Å². The van der Waals surface area contributed by atoms with Gasteiger partial charge >= 0.3 is 5.97 Å². The lowest BCUT2D eigenvalue weighted by molar-refractivity contribution is -0.151. The first-order chi connectivity index (χ1) is 9.55. The highest BCUT2D eigenvalue weighted by atomic mass is 16.4. The fraction of sp³-hybridized carbons (Fsp3) is 0.800. The van der Waals surface area contributed by atoms with E-state index in [-0.39, 0.29) is 12.5 Å². The Bertz CT molecular complexity index is 427. The van der Waals surface area contributed by atoms with E-state index in [1.54, 1.807) is 0 Å². The first kappa shape index (κ1) is 14.8. The van der Waals surface area contributed by atoms with E-state index in [4.69, 9.17) is 0 Å². The summed E-state index contributed by atoms with van der Waals surface area (Å²) < 4.78 is 0. The number of carbonyl (C=O) groups excluding carboxylic acids is 1. The second-order valence-electron chi connectivity index (χ2n) is 6.23. The average molecular weight is 278 g/mol. The van der Waals surface area contributed by atoms with Crippen LogP contribution < -0.4 is 5.32 Å². The molecule has 0 bridgehead atoms. The van der Waals surface area contributed by atoms with Crippen molar-refractivity contribution in [3.05, 3.63) is 0 Å². The van der Waals surface area contributed by atoms with Crippen molar-refractivity contribution in [3.8, 4) is 6.07 Å². The van der Waals surface area contributed by atoms with Crippen LogP contribution in [0.25, 0.3) is 0 Å². The lowest BCUT2D eigenvalue weighted by Crippen LogP contribution is -2.48. The molecule has 5 nitrogen and oxygen atoms in total. The molecule has 1 amide bonds. The van der Waals surface area contributed by atoms with E-state index in [9.17, 15) is 20.0 Å². The van der Waals surface area contributed by atoms with Crippen molar-refractivity contribution in [3.63, 3.8) is 0 Å². The highest BCUT2D eigenvalue weighted by molar-refractivity contribution is 5.86. The van der Waals surface area contributed by atoms with Gasteiger partial charge < -0.3 is 10.4 Å². The zero-order chi connectivity index (χ0) is 14.6. The van der Waals surface area contributed by atoms with Gasteiger partial charge in [0.2, 0.25) is 5.91 Å². The molecule has 0 aromatic heterocycles. The molecule has 110 valence electrons. The van der Waals surface area contributed by atoms with Crippen LogP contribution in [0.1, 0.15) is 57.8 Å². The van der Waals surface area contributed by atoms with Gasteiger partial charge in [-0.05, 0) is 25.7 Å². The van der Waals surface area contributed by atoms with Crippen LogP contribution in [0.3, 0.4) is 0 Å². The molecule has 0 aromatic carbocycles. The number of hydrogen-bond acceptors (Lipinski definition) is 3. The minimum Gasteiger partial charge on any atom is -0.481 e. The first-order valence-corrected chi connectivity index (χ1v) is 7.48. The normalized spacial score (nSPS) is 23.8. The minimum atomic E-state index is -0.922. The number of hydrogen-bond donors (Lipinski definition) is 2. The molecule has 2 aliphatic carbocycles. The number of nitriles is 1. The number of carbonyl (C=O) groups is 2. The maximum atomic E-state index is 12.3. The predicted octanol–water partition coefficient (Wildman–Crippen LogP) is 2.22. The molecular weight excluding hydrogens is 256 g/mol. The first-order valence-electron chi connectivity index (χ1n) is 7.48. The summed E-state index contributed by atoms with van der Waals surface area (Å²) in [5.41, 5.74) is -1.75. The highest BCUT2D eigenvalue weighted by Gasteiger charge is 2.44. The van der Waals surface area contributed by atoms with Gasteiger partial charge in [-0.25, -0.2) is 0 Å². The maximum Gasteiger partial charge on any atom is 0.311 e. The molecule has 0 unspecified atom stereocenters. The zero-order valence-electron chi connectivity index (χ0n) is 11.8. The molecule has 2 N–H and O–H groups in total. The van der Waals surface area contributed by atoms with Crippen molar-refractivity contribution in [2.75, 3.05) is 6.54 Å². The molecular formula is C15H22N2O3. The van der Waals surface area contributed by atoms with E-state index in [2.05, 4.69) is 11.4 Å². The second kappa shape index (κ2) is 5.82. The monoisotopic (exact) mass is 278 g/mol. The van der Waals surface area contributed by atoms with Crippen molar-refractivity contribution in [2.24, 2.45) is 10.8 Å². The van der Waals surface area contributed by atoms with Gasteiger partial charge in [0.25, 0.3) is 0 Å². The Morgan fingerprint density at radius 3 is 2.10 bits per heavy atom. The van der Waals surface area contributed by atoms with Gasteiger partial charge in [0, 0.05) is 6.54 Å². The quantitative estimate of drug-likeness (QED) is 0.825. The maximum absolute atomic E-state index is 12.3. The topological polar surface area (TPSA) is 90.2 Å². The van der Waals surface area contributed by atoms with E-state index >= 15 is 0 Å². The van der Waals surface area contributed by atoms with Crippen LogP contribution in [0.2, 0.25) is 0 Å². The van der Waals surface area contributed by atoms with Crippen LogP contribution in [-0.2, 0) is 9.59 Å². The third kappa shape index (κ3) is 2.65. The lowest BCUT2D eigenvalue weighted by atomic mass is 9.73. The summed E-state index contributed by atoms with van der Waals surface area (Å²) >= 11 is 0. The second-order valence-corrected chi connectivity index (χ2v) is 6.23. The van der Waals surface area contributed by atoms with Gasteiger partial charge in [0.1, 0.15) is 5.41 Å². The summed E-state index contributed by atoms with van der Waals surface area (Å²) in [5.74, 6) is -1.10. The molecule has 2 aliphatic rings. The van der Waals surface area contributed by atoms with Crippen molar-refractivity contribution < 1.29 is 14.7 Å². The van der Waals surface area contributed by atoms with Crippen molar-refractivity contribution in [2.45, 2.75) is 57.8 Å². The average Bonchev–Trinajstić information content (AvgIpc) is 2.95. The van der Waals surface area contributed by atoms with Gasteiger partial charge in [-0.1, -0.05) is 32.1 Å². The molecule has 2 saturated carbocycles. The van der Waals surface area contributed by atoms with Gasteiger partial charge in [-0.3, -0.25) is 9.59 Å². The van der Waals surface area contributed by atoms with Crippen LogP contribution in [0.4, 0.5) is 0 Å². The molecule has 0 heterocycles. The van der Waals surface area contributed by atoms with Crippen LogP contribution in [0.15, 0.2) is 0 Å². The molecule has 0 atom stereocenters. The van der Waals surface area contributed by atoms with Gasteiger partial charge in [0.05, 0.1) is 11.5 Å². The number of aliphatic carboxylic acids is 1. The molecule has 5 heteroatoms. The standard InChI is InChI=1S/C15H22N2O3/c16-10-14(6-4-5-7-14)12(18)17-11-15(13(19)20)8-2-1-3-9-15/h1-9,11H2,(H,17,18)(H,19,20).